The molecule has 0 amide bonds. The number of allylic oxidation sites excluding steroid dienone is 2. The first-order valence-electron chi connectivity index (χ1n) is 8.24. The fraction of sp³-hybridized carbons (Fsp3) is 0.778. The SMILES string of the molecule is C/C=C(/C(C)=O)[C@H]1[C@H](C)[C@H](OC(=O)C(C)C)[C@](C)(O)[C@H]1C(C)O. The number of hydrogen-bond acceptors (Lipinski definition) is 5. The number of Topliss-reactive ketones (excluding diaryl/α,β-unsaturated/α-hetero) is 1. The van der Waals surface area contributed by atoms with Gasteiger partial charge in [-0.1, -0.05) is 26.8 Å². The summed E-state index contributed by atoms with van der Waals surface area (Å²) in [5, 5.41) is 21.2. The molecule has 0 saturated heterocycles. The number of aliphatic hydroxyl groups excluding tert-OH is 1. The van der Waals surface area contributed by atoms with Crippen molar-refractivity contribution in [3.8, 4) is 0 Å². The summed E-state index contributed by atoms with van der Waals surface area (Å²) in [6, 6.07) is 0. The molecule has 1 fully saturated rings. The molecular weight excluding hydrogens is 296 g/mol. The summed E-state index contributed by atoms with van der Waals surface area (Å²) in [6.45, 7) is 11.7. The summed E-state index contributed by atoms with van der Waals surface area (Å²) in [5.41, 5.74) is -0.848. The second-order valence-electron chi connectivity index (χ2n) is 7.19. The van der Waals surface area contributed by atoms with Crippen LogP contribution in [0.5, 0.6) is 0 Å². The monoisotopic (exact) mass is 326 g/mol. The molecule has 0 aromatic carbocycles. The van der Waals surface area contributed by atoms with E-state index in [9.17, 15) is 19.8 Å². The summed E-state index contributed by atoms with van der Waals surface area (Å²) < 4.78 is 5.55. The number of carbonyl (C=O) groups is 2. The van der Waals surface area contributed by atoms with Crippen molar-refractivity contribution in [2.24, 2.45) is 23.7 Å². The van der Waals surface area contributed by atoms with Crippen LogP contribution >= 0.6 is 0 Å². The Kier molecular flexibility index (Phi) is 6.16. The zero-order valence-corrected chi connectivity index (χ0v) is 15.2. The molecule has 5 heteroatoms. The lowest BCUT2D eigenvalue weighted by atomic mass is 9.76. The lowest BCUT2D eigenvalue weighted by Crippen LogP contribution is -2.48. The van der Waals surface area contributed by atoms with Crippen molar-refractivity contribution in [1.82, 2.24) is 0 Å². The van der Waals surface area contributed by atoms with Gasteiger partial charge in [0, 0.05) is 17.8 Å². The lowest BCUT2D eigenvalue weighted by Gasteiger charge is -2.34. The normalized spacial score (nSPS) is 36.2. The molecule has 0 heterocycles. The van der Waals surface area contributed by atoms with Gasteiger partial charge in [0.05, 0.1) is 12.0 Å². The Morgan fingerprint density at radius 3 is 2.13 bits per heavy atom. The van der Waals surface area contributed by atoms with Crippen LogP contribution in [-0.2, 0) is 14.3 Å². The molecule has 0 aromatic heterocycles. The van der Waals surface area contributed by atoms with E-state index in [0.29, 0.717) is 5.57 Å². The molecule has 0 aliphatic heterocycles. The van der Waals surface area contributed by atoms with Crippen molar-refractivity contribution in [1.29, 1.82) is 0 Å². The molecule has 1 rings (SSSR count). The van der Waals surface area contributed by atoms with E-state index in [-0.39, 0.29) is 23.5 Å². The highest BCUT2D eigenvalue weighted by Gasteiger charge is 2.60. The Bertz CT molecular complexity index is 490. The Hall–Kier alpha value is -1.20. The van der Waals surface area contributed by atoms with Crippen LogP contribution in [0.3, 0.4) is 0 Å². The van der Waals surface area contributed by atoms with Crippen LogP contribution in [0.1, 0.15) is 48.5 Å². The molecule has 1 unspecified atom stereocenters. The van der Waals surface area contributed by atoms with Crippen LogP contribution < -0.4 is 0 Å². The minimum Gasteiger partial charge on any atom is -0.459 e. The van der Waals surface area contributed by atoms with Gasteiger partial charge in [-0.3, -0.25) is 9.59 Å². The van der Waals surface area contributed by atoms with E-state index >= 15 is 0 Å². The molecule has 0 spiro atoms. The summed E-state index contributed by atoms with van der Waals surface area (Å²) in [6.07, 6.45) is 0.118. The number of rotatable bonds is 5. The molecule has 23 heavy (non-hydrogen) atoms. The molecule has 0 bridgehead atoms. The lowest BCUT2D eigenvalue weighted by molar-refractivity contribution is -0.172. The zero-order valence-electron chi connectivity index (χ0n) is 15.2. The largest absolute Gasteiger partial charge is 0.459 e. The van der Waals surface area contributed by atoms with E-state index < -0.39 is 29.7 Å². The maximum atomic E-state index is 12.0. The highest BCUT2D eigenvalue weighted by molar-refractivity contribution is 5.94. The summed E-state index contributed by atoms with van der Waals surface area (Å²) in [5.74, 6) is -2.02. The van der Waals surface area contributed by atoms with Gasteiger partial charge in [0.2, 0.25) is 0 Å². The van der Waals surface area contributed by atoms with E-state index in [1.165, 1.54) is 6.92 Å². The number of ether oxygens (including phenoxy) is 1. The minimum absolute atomic E-state index is 0.0957. The predicted molar refractivity (Wildman–Crippen MR) is 87.6 cm³/mol. The third kappa shape index (κ3) is 3.66. The number of aliphatic hydroxyl groups is 2. The van der Waals surface area contributed by atoms with Gasteiger partial charge < -0.3 is 14.9 Å². The first kappa shape index (κ1) is 19.8. The van der Waals surface area contributed by atoms with Crippen LogP contribution in [-0.4, -0.2) is 39.8 Å². The van der Waals surface area contributed by atoms with Crippen LogP contribution in [0.15, 0.2) is 11.6 Å². The van der Waals surface area contributed by atoms with Crippen LogP contribution in [0, 0.1) is 23.7 Å². The molecule has 5 nitrogen and oxygen atoms in total. The molecule has 1 saturated carbocycles. The second kappa shape index (κ2) is 7.14. The molecule has 1 aliphatic carbocycles. The number of hydrogen-bond donors (Lipinski definition) is 2. The minimum atomic E-state index is -1.41. The highest BCUT2D eigenvalue weighted by atomic mass is 16.6. The van der Waals surface area contributed by atoms with Gasteiger partial charge in [-0.2, -0.15) is 0 Å². The van der Waals surface area contributed by atoms with Gasteiger partial charge in [-0.05, 0) is 33.3 Å². The Morgan fingerprint density at radius 1 is 1.26 bits per heavy atom. The van der Waals surface area contributed by atoms with Crippen molar-refractivity contribution in [3.05, 3.63) is 11.6 Å². The van der Waals surface area contributed by atoms with Crippen LogP contribution in [0.2, 0.25) is 0 Å². The molecule has 0 radical (unpaired) electrons. The van der Waals surface area contributed by atoms with Crippen molar-refractivity contribution in [3.63, 3.8) is 0 Å². The smallest absolute Gasteiger partial charge is 0.308 e. The molecular formula is C18H30O5. The fourth-order valence-corrected chi connectivity index (χ4v) is 3.98. The molecule has 1 aliphatic rings. The van der Waals surface area contributed by atoms with Crippen LogP contribution in [0.25, 0.3) is 0 Å². The average Bonchev–Trinajstić information content (AvgIpc) is 2.59. The number of ketones is 1. The predicted octanol–water partition coefficient (Wildman–Crippen LogP) is 2.10. The number of carbonyl (C=O) groups excluding carboxylic acids is 2. The third-order valence-electron chi connectivity index (χ3n) is 4.99. The topological polar surface area (TPSA) is 83.8 Å². The first-order chi connectivity index (χ1) is 10.5. The van der Waals surface area contributed by atoms with Crippen molar-refractivity contribution >= 4 is 11.8 Å². The van der Waals surface area contributed by atoms with Crippen molar-refractivity contribution in [2.45, 2.75) is 66.3 Å². The molecule has 6 atom stereocenters. The van der Waals surface area contributed by atoms with E-state index in [1.807, 2.05) is 6.92 Å². The van der Waals surface area contributed by atoms with Gasteiger partial charge in [-0.25, -0.2) is 0 Å². The van der Waals surface area contributed by atoms with Gasteiger partial charge in [0.25, 0.3) is 0 Å². The standard InChI is InChI=1S/C18H30O5/c1-8-13(11(5)19)14-10(4)16(23-17(21)9(2)3)18(7,22)15(14)12(6)20/h8-10,12,14-16,20,22H,1-7H3/b13-8-/t10-,12?,14+,15-,16-,18+/m0/s1. The molecule has 0 aromatic rings. The van der Waals surface area contributed by atoms with E-state index in [2.05, 4.69) is 0 Å². The molecule has 2 N–H and O–H groups in total. The third-order valence-corrected chi connectivity index (χ3v) is 4.99. The quantitative estimate of drug-likeness (QED) is 0.597. The Morgan fingerprint density at radius 2 is 1.78 bits per heavy atom. The maximum Gasteiger partial charge on any atom is 0.308 e. The summed E-state index contributed by atoms with van der Waals surface area (Å²) in [4.78, 5) is 24.0. The molecule has 132 valence electrons. The summed E-state index contributed by atoms with van der Waals surface area (Å²) in [7, 11) is 0. The fourth-order valence-electron chi connectivity index (χ4n) is 3.98. The number of esters is 1. The zero-order chi connectivity index (χ0) is 18.1. The van der Waals surface area contributed by atoms with Gasteiger partial charge in [-0.15, -0.1) is 0 Å². The summed E-state index contributed by atoms with van der Waals surface area (Å²) >= 11 is 0. The second-order valence-corrected chi connectivity index (χ2v) is 7.19. The highest BCUT2D eigenvalue weighted by Crippen LogP contribution is 2.50. The Balaban J connectivity index is 3.32. The van der Waals surface area contributed by atoms with E-state index in [1.54, 1.807) is 40.7 Å². The van der Waals surface area contributed by atoms with E-state index in [0.717, 1.165) is 0 Å². The van der Waals surface area contributed by atoms with Gasteiger partial charge >= 0.3 is 5.97 Å². The van der Waals surface area contributed by atoms with Crippen molar-refractivity contribution < 1.29 is 24.5 Å². The first-order valence-corrected chi connectivity index (χ1v) is 8.24. The Labute approximate surface area is 138 Å². The van der Waals surface area contributed by atoms with Gasteiger partial charge in [0.1, 0.15) is 11.7 Å². The van der Waals surface area contributed by atoms with Crippen molar-refractivity contribution in [2.75, 3.05) is 0 Å². The van der Waals surface area contributed by atoms with Gasteiger partial charge in [0.15, 0.2) is 5.78 Å². The van der Waals surface area contributed by atoms with E-state index in [4.69, 9.17) is 4.74 Å². The average molecular weight is 326 g/mol. The van der Waals surface area contributed by atoms with Crippen LogP contribution in [0.4, 0.5) is 0 Å². The maximum absolute atomic E-state index is 12.0.